The predicted octanol–water partition coefficient (Wildman–Crippen LogP) is 1.83. The molecule has 2 aromatic heterocycles. The van der Waals surface area contributed by atoms with Gasteiger partial charge in [-0.3, -0.25) is 9.20 Å². The molecular weight excluding hydrogens is 366 g/mol. The van der Waals surface area contributed by atoms with Crippen LogP contribution in [0.3, 0.4) is 0 Å². The fraction of sp³-hybridized carbons (Fsp3) is 0.333. The lowest BCUT2D eigenvalue weighted by molar-refractivity contribution is -0.130. The van der Waals surface area contributed by atoms with E-state index in [0.29, 0.717) is 32.1 Å². The molecule has 1 amide bonds. The number of pyridine rings is 1. The van der Waals surface area contributed by atoms with E-state index in [4.69, 9.17) is 0 Å². The molecule has 0 bridgehead atoms. The van der Waals surface area contributed by atoms with Gasteiger partial charge in [-0.05, 0) is 31.5 Å². The van der Waals surface area contributed by atoms with Crippen LogP contribution in [0.5, 0.6) is 0 Å². The normalized spacial score (nSPS) is 11.4. The Kier molecular flexibility index (Phi) is 7.16. The molecule has 3 aromatic rings. The Hall–Kier alpha value is -3.42. The molecule has 8 nitrogen and oxygen atoms in total. The minimum absolute atomic E-state index is 0.0230. The summed E-state index contributed by atoms with van der Waals surface area (Å²) < 4.78 is 1.90. The maximum Gasteiger partial charge on any atom is 0.242 e. The van der Waals surface area contributed by atoms with Crippen molar-refractivity contribution >= 4 is 17.5 Å². The van der Waals surface area contributed by atoms with Crippen molar-refractivity contribution in [1.29, 1.82) is 0 Å². The Morgan fingerprint density at radius 1 is 1.07 bits per heavy atom. The molecular formula is C21H27N7O. The van der Waals surface area contributed by atoms with Crippen molar-refractivity contribution in [3.63, 3.8) is 0 Å². The van der Waals surface area contributed by atoms with E-state index in [1.807, 2.05) is 77.9 Å². The molecule has 8 heteroatoms. The number of aromatic nitrogens is 3. The number of hydrogen-bond donors (Lipinski definition) is 2. The van der Waals surface area contributed by atoms with E-state index in [1.54, 1.807) is 0 Å². The first-order valence-corrected chi connectivity index (χ1v) is 9.83. The van der Waals surface area contributed by atoms with E-state index in [2.05, 4.69) is 25.8 Å². The van der Waals surface area contributed by atoms with Gasteiger partial charge >= 0.3 is 0 Å². The van der Waals surface area contributed by atoms with E-state index in [-0.39, 0.29) is 12.5 Å². The van der Waals surface area contributed by atoms with Crippen molar-refractivity contribution < 1.29 is 4.79 Å². The third-order valence-electron chi connectivity index (χ3n) is 4.46. The van der Waals surface area contributed by atoms with Crippen molar-refractivity contribution in [2.45, 2.75) is 26.9 Å². The number of hydrogen-bond acceptors (Lipinski definition) is 4. The van der Waals surface area contributed by atoms with Crippen LogP contribution in [-0.4, -0.2) is 51.0 Å². The Morgan fingerprint density at radius 2 is 1.86 bits per heavy atom. The third-order valence-corrected chi connectivity index (χ3v) is 4.46. The summed E-state index contributed by atoms with van der Waals surface area (Å²) >= 11 is 0. The Balaban J connectivity index is 1.60. The van der Waals surface area contributed by atoms with Crippen LogP contribution in [0.25, 0.3) is 5.65 Å². The number of likely N-dealkylation sites (N-methyl/N-ethyl adjacent to an activating group) is 1. The van der Waals surface area contributed by atoms with Crippen LogP contribution in [0.2, 0.25) is 0 Å². The number of amides is 1. The minimum Gasteiger partial charge on any atom is -0.357 e. The summed E-state index contributed by atoms with van der Waals surface area (Å²) in [6, 6.07) is 15.7. The Labute approximate surface area is 170 Å². The number of fused-ring (bicyclic) bond motifs is 1. The van der Waals surface area contributed by atoms with Gasteiger partial charge in [-0.1, -0.05) is 36.4 Å². The van der Waals surface area contributed by atoms with E-state index >= 15 is 0 Å². The van der Waals surface area contributed by atoms with Gasteiger partial charge in [0.1, 0.15) is 6.54 Å². The summed E-state index contributed by atoms with van der Waals surface area (Å²) in [5, 5.41) is 14.6. The summed E-state index contributed by atoms with van der Waals surface area (Å²) in [5.74, 6) is 1.34. The molecule has 0 saturated carbocycles. The van der Waals surface area contributed by atoms with Crippen LogP contribution in [0.15, 0.2) is 59.7 Å². The maximum atomic E-state index is 12.6. The molecule has 0 aliphatic rings. The molecule has 0 atom stereocenters. The van der Waals surface area contributed by atoms with Crippen LogP contribution >= 0.6 is 0 Å². The van der Waals surface area contributed by atoms with Gasteiger partial charge in [0.2, 0.25) is 5.91 Å². The van der Waals surface area contributed by atoms with Gasteiger partial charge < -0.3 is 15.5 Å². The topological polar surface area (TPSA) is 86.9 Å². The zero-order chi connectivity index (χ0) is 20.5. The van der Waals surface area contributed by atoms with Crippen LogP contribution in [-0.2, 0) is 17.9 Å². The highest BCUT2D eigenvalue weighted by molar-refractivity contribution is 5.86. The molecule has 3 rings (SSSR count). The molecule has 152 valence electrons. The summed E-state index contributed by atoms with van der Waals surface area (Å²) in [4.78, 5) is 19.0. The Bertz CT molecular complexity index is 952. The highest BCUT2D eigenvalue weighted by atomic mass is 16.2. The van der Waals surface area contributed by atoms with E-state index < -0.39 is 0 Å². The summed E-state index contributed by atoms with van der Waals surface area (Å²) in [6.07, 6.45) is 1.91. The van der Waals surface area contributed by atoms with Crippen molar-refractivity contribution in [1.82, 2.24) is 30.1 Å². The molecule has 0 aliphatic heterocycles. The molecule has 0 aliphatic carbocycles. The first-order valence-electron chi connectivity index (χ1n) is 9.83. The van der Waals surface area contributed by atoms with Crippen molar-refractivity contribution in [3.05, 3.63) is 66.1 Å². The fourth-order valence-electron chi connectivity index (χ4n) is 2.94. The quantitative estimate of drug-likeness (QED) is 0.450. The van der Waals surface area contributed by atoms with Gasteiger partial charge in [0.15, 0.2) is 17.4 Å². The SMILES string of the molecule is CCNC(=NCc1nnc2ccccn12)NCC(=O)N(CC)Cc1ccccc1. The molecule has 0 spiro atoms. The monoisotopic (exact) mass is 393 g/mol. The molecule has 0 unspecified atom stereocenters. The second kappa shape index (κ2) is 10.2. The van der Waals surface area contributed by atoms with Gasteiger partial charge in [-0.15, -0.1) is 10.2 Å². The Morgan fingerprint density at radius 3 is 2.62 bits per heavy atom. The minimum atomic E-state index is 0.0230. The van der Waals surface area contributed by atoms with Crippen molar-refractivity contribution in [2.24, 2.45) is 4.99 Å². The van der Waals surface area contributed by atoms with Crippen LogP contribution < -0.4 is 10.6 Å². The summed E-state index contributed by atoms with van der Waals surface area (Å²) in [7, 11) is 0. The van der Waals surface area contributed by atoms with E-state index in [1.165, 1.54) is 0 Å². The largest absolute Gasteiger partial charge is 0.357 e. The van der Waals surface area contributed by atoms with Crippen LogP contribution in [0, 0.1) is 0 Å². The molecule has 2 heterocycles. The lowest BCUT2D eigenvalue weighted by Crippen LogP contribution is -2.44. The number of aliphatic imine (C=N–C) groups is 1. The predicted molar refractivity (Wildman–Crippen MR) is 113 cm³/mol. The van der Waals surface area contributed by atoms with E-state index in [9.17, 15) is 4.79 Å². The number of carbonyl (C=O) groups is 1. The number of carbonyl (C=O) groups excluding carboxylic acids is 1. The average Bonchev–Trinajstić information content (AvgIpc) is 3.17. The zero-order valence-corrected chi connectivity index (χ0v) is 16.9. The number of nitrogens with zero attached hydrogens (tertiary/aromatic N) is 5. The second-order valence-electron chi connectivity index (χ2n) is 6.49. The standard InChI is InChI=1S/C21H27N7O/c1-3-22-21(23-14-19-26-25-18-12-8-9-13-28(18)19)24-15-20(29)27(4-2)16-17-10-6-5-7-11-17/h5-13H,3-4,14-16H2,1-2H3,(H2,22,23,24). The van der Waals surface area contributed by atoms with Crippen LogP contribution in [0.4, 0.5) is 0 Å². The highest BCUT2D eigenvalue weighted by Crippen LogP contribution is 2.05. The third kappa shape index (κ3) is 5.54. The number of rotatable bonds is 8. The first kappa shape index (κ1) is 20.3. The highest BCUT2D eigenvalue weighted by Gasteiger charge is 2.13. The van der Waals surface area contributed by atoms with Gasteiger partial charge in [0, 0.05) is 25.8 Å². The lowest BCUT2D eigenvalue weighted by Gasteiger charge is -2.22. The second-order valence-corrected chi connectivity index (χ2v) is 6.49. The molecule has 0 saturated heterocycles. The summed E-state index contributed by atoms with van der Waals surface area (Å²) in [5.41, 5.74) is 1.90. The average molecular weight is 393 g/mol. The van der Waals surface area contributed by atoms with Gasteiger partial charge in [0.05, 0.1) is 6.54 Å². The summed E-state index contributed by atoms with van der Waals surface area (Å²) in [6.45, 7) is 6.44. The van der Waals surface area contributed by atoms with Gasteiger partial charge in [-0.2, -0.15) is 0 Å². The van der Waals surface area contributed by atoms with Gasteiger partial charge in [-0.25, -0.2) is 4.99 Å². The van der Waals surface area contributed by atoms with Gasteiger partial charge in [0.25, 0.3) is 0 Å². The van der Waals surface area contributed by atoms with E-state index in [0.717, 1.165) is 17.0 Å². The van der Waals surface area contributed by atoms with Crippen molar-refractivity contribution in [3.8, 4) is 0 Å². The molecule has 29 heavy (non-hydrogen) atoms. The first-order chi connectivity index (χ1) is 14.2. The molecule has 0 radical (unpaired) electrons. The fourth-order valence-corrected chi connectivity index (χ4v) is 2.94. The van der Waals surface area contributed by atoms with Crippen LogP contribution in [0.1, 0.15) is 25.2 Å². The maximum absolute atomic E-state index is 12.6. The number of benzene rings is 1. The molecule has 2 N–H and O–H groups in total. The lowest BCUT2D eigenvalue weighted by atomic mass is 10.2. The zero-order valence-electron chi connectivity index (χ0n) is 16.9. The van der Waals surface area contributed by atoms with Crippen molar-refractivity contribution in [2.75, 3.05) is 19.6 Å². The molecule has 0 fully saturated rings. The number of nitrogens with one attached hydrogen (secondary N) is 2. The number of guanidine groups is 1. The smallest absolute Gasteiger partial charge is 0.242 e. The molecule has 1 aromatic carbocycles.